The molecule has 6 rings (SSSR count). The number of aromatic nitrogens is 1. The summed E-state index contributed by atoms with van der Waals surface area (Å²) in [6.07, 6.45) is 2.10. The van der Waals surface area contributed by atoms with Crippen molar-refractivity contribution >= 4 is 17.3 Å². The van der Waals surface area contributed by atoms with Crippen LogP contribution < -0.4 is 10.2 Å². The lowest BCUT2D eigenvalue weighted by atomic mass is 9.70. The average Bonchev–Trinajstić information content (AvgIpc) is 3.16. The number of nitrogens with one attached hydrogen (secondary N) is 1. The Morgan fingerprint density at radius 2 is 1.60 bits per heavy atom. The summed E-state index contributed by atoms with van der Waals surface area (Å²) in [7, 11) is 0. The number of pyridine rings is 1. The molecule has 5 nitrogen and oxygen atoms in total. The van der Waals surface area contributed by atoms with E-state index in [1.165, 1.54) is 0 Å². The normalized spacial score (nSPS) is 22.3. The van der Waals surface area contributed by atoms with Crippen LogP contribution in [0.4, 0.5) is 11.4 Å². The van der Waals surface area contributed by atoms with Gasteiger partial charge in [-0.2, -0.15) is 0 Å². The van der Waals surface area contributed by atoms with E-state index in [1.54, 1.807) is 6.20 Å². The van der Waals surface area contributed by atoms with Gasteiger partial charge in [0, 0.05) is 17.9 Å². The monoisotopic (exact) mass is 461 g/mol. The molecule has 3 unspecified atom stereocenters. The number of nitrogens with zero attached hydrogens (tertiary/aromatic N) is 2. The van der Waals surface area contributed by atoms with Gasteiger partial charge in [-0.15, -0.1) is 0 Å². The van der Waals surface area contributed by atoms with Gasteiger partial charge in [-0.3, -0.25) is 14.7 Å². The van der Waals surface area contributed by atoms with Crippen molar-refractivity contribution in [3.63, 3.8) is 0 Å². The second-order valence-corrected chi connectivity index (χ2v) is 9.37. The molecule has 1 fully saturated rings. The fourth-order valence-electron chi connectivity index (χ4n) is 5.64. The van der Waals surface area contributed by atoms with Gasteiger partial charge in [0.25, 0.3) is 0 Å². The quantitative estimate of drug-likeness (QED) is 0.441. The number of benzene rings is 3. The number of para-hydroxylation sites is 1. The summed E-state index contributed by atoms with van der Waals surface area (Å²) in [5.41, 5.74) is 5.03. The number of anilines is 2. The minimum atomic E-state index is -0.785. The number of piperidine rings is 1. The second kappa shape index (κ2) is 8.77. The SMILES string of the molecule is O=C1N(c2ccc(-c3ccccc3)cc2)c2ccccc2C12CCNC(C(O)c1ccccn1)C2. The highest BCUT2D eigenvalue weighted by Gasteiger charge is 2.54. The summed E-state index contributed by atoms with van der Waals surface area (Å²) in [6.45, 7) is 0.648. The number of fused-ring (bicyclic) bond motifs is 2. The van der Waals surface area contributed by atoms with E-state index in [1.807, 2.05) is 71.6 Å². The minimum Gasteiger partial charge on any atom is -0.385 e. The predicted octanol–water partition coefficient (Wildman–Crippen LogP) is 5.15. The van der Waals surface area contributed by atoms with Gasteiger partial charge in [0.05, 0.1) is 16.8 Å². The lowest BCUT2D eigenvalue weighted by molar-refractivity contribution is -0.124. The zero-order chi connectivity index (χ0) is 23.8. The molecule has 2 aliphatic rings. The number of amides is 1. The molecule has 1 aromatic heterocycles. The van der Waals surface area contributed by atoms with E-state index in [2.05, 4.69) is 40.6 Å². The highest BCUT2D eigenvalue weighted by Crippen LogP contribution is 2.51. The number of hydrogen-bond acceptors (Lipinski definition) is 4. The third-order valence-corrected chi connectivity index (χ3v) is 7.40. The zero-order valence-corrected chi connectivity index (χ0v) is 19.3. The molecular formula is C30H27N3O2. The van der Waals surface area contributed by atoms with Crippen molar-refractivity contribution in [2.24, 2.45) is 0 Å². The molecule has 0 aliphatic carbocycles. The van der Waals surface area contributed by atoms with Crippen molar-refractivity contribution in [1.82, 2.24) is 10.3 Å². The van der Waals surface area contributed by atoms with E-state index in [9.17, 15) is 9.90 Å². The van der Waals surface area contributed by atoms with Crippen LogP contribution in [0.25, 0.3) is 11.1 Å². The molecule has 35 heavy (non-hydrogen) atoms. The Kier molecular flexibility index (Phi) is 5.44. The summed E-state index contributed by atoms with van der Waals surface area (Å²) in [5.74, 6) is 0.0749. The molecule has 5 heteroatoms. The molecule has 4 aromatic rings. The van der Waals surface area contributed by atoms with Crippen LogP contribution in [0.1, 0.15) is 30.2 Å². The summed E-state index contributed by atoms with van der Waals surface area (Å²) in [6, 6.07) is 31.8. The number of hydrogen-bond donors (Lipinski definition) is 2. The van der Waals surface area contributed by atoms with Crippen molar-refractivity contribution in [3.8, 4) is 11.1 Å². The Hall–Kier alpha value is -3.80. The van der Waals surface area contributed by atoms with Gasteiger partial charge in [0.15, 0.2) is 0 Å². The molecule has 3 heterocycles. The molecule has 3 aromatic carbocycles. The molecular weight excluding hydrogens is 434 g/mol. The van der Waals surface area contributed by atoms with Crippen molar-refractivity contribution in [2.45, 2.75) is 30.4 Å². The first-order valence-corrected chi connectivity index (χ1v) is 12.1. The van der Waals surface area contributed by atoms with Crippen LogP contribution in [0.2, 0.25) is 0 Å². The maximum atomic E-state index is 14.2. The molecule has 3 atom stereocenters. The molecule has 2 aliphatic heterocycles. The average molecular weight is 462 g/mol. The topological polar surface area (TPSA) is 65.5 Å². The fraction of sp³-hybridized carbons (Fsp3) is 0.200. The Morgan fingerprint density at radius 3 is 2.37 bits per heavy atom. The van der Waals surface area contributed by atoms with Crippen LogP contribution in [0, 0.1) is 0 Å². The number of aliphatic hydroxyl groups excluding tert-OH is 1. The number of carbonyl (C=O) groups excluding carboxylic acids is 1. The third kappa shape index (κ3) is 3.64. The Labute approximate surface area is 205 Å². The third-order valence-electron chi connectivity index (χ3n) is 7.40. The number of rotatable bonds is 4. The summed E-state index contributed by atoms with van der Waals surface area (Å²) in [4.78, 5) is 20.4. The second-order valence-electron chi connectivity index (χ2n) is 9.37. The summed E-state index contributed by atoms with van der Waals surface area (Å²) >= 11 is 0. The first kappa shape index (κ1) is 21.7. The molecule has 1 amide bonds. The van der Waals surface area contributed by atoms with E-state index in [-0.39, 0.29) is 11.9 Å². The molecule has 1 saturated heterocycles. The highest BCUT2D eigenvalue weighted by atomic mass is 16.3. The summed E-state index contributed by atoms with van der Waals surface area (Å²) < 4.78 is 0. The Balaban J connectivity index is 1.35. The summed E-state index contributed by atoms with van der Waals surface area (Å²) in [5, 5.41) is 14.5. The van der Waals surface area contributed by atoms with Crippen molar-refractivity contribution in [1.29, 1.82) is 0 Å². The Bertz CT molecular complexity index is 1340. The lowest BCUT2D eigenvalue weighted by Gasteiger charge is -2.39. The van der Waals surface area contributed by atoms with Gasteiger partial charge in [-0.1, -0.05) is 66.7 Å². The first-order chi connectivity index (χ1) is 17.2. The van der Waals surface area contributed by atoms with Crippen molar-refractivity contribution in [2.75, 3.05) is 11.4 Å². The van der Waals surface area contributed by atoms with Crippen LogP contribution in [-0.4, -0.2) is 28.6 Å². The number of carbonyl (C=O) groups is 1. The van der Waals surface area contributed by atoms with Gasteiger partial charge in [-0.05, 0) is 66.4 Å². The highest BCUT2D eigenvalue weighted by molar-refractivity contribution is 6.13. The predicted molar refractivity (Wildman–Crippen MR) is 137 cm³/mol. The van der Waals surface area contributed by atoms with E-state index in [0.29, 0.717) is 25.1 Å². The fourth-order valence-corrected chi connectivity index (χ4v) is 5.64. The minimum absolute atomic E-state index is 0.0749. The Morgan fingerprint density at radius 1 is 0.886 bits per heavy atom. The molecule has 0 radical (unpaired) electrons. The molecule has 1 spiro atoms. The largest absolute Gasteiger partial charge is 0.385 e. The molecule has 174 valence electrons. The molecule has 0 bridgehead atoms. The van der Waals surface area contributed by atoms with Crippen LogP contribution in [0.3, 0.4) is 0 Å². The molecule has 0 saturated carbocycles. The van der Waals surface area contributed by atoms with Crippen LogP contribution in [0.15, 0.2) is 103 Å². The van der Waals surface area contributed by atoms with E-state index < -0.39 is 11.5 Å². The van der Waals surface area contributed by atoms with E-state index >= 15 is 0 Å². The van der Waals surface area contributed by atoms with Gasteiger partial charge in [0.1, 0.15) is 6.10 Å². The maximum Gasteiger partial charge on any atom is 0.242 e. The van der Waals surface area contributed by atoms with Crippen LogP contribution >= 0.6 is 0 Å². The van der Waals surface area contributed by atoms with Crippen molar-refractivity contribution in [3.05, 3.63) is 115 Å². The van der Waals surface area contributed by atoms with Gasteiger partial charge >= 0.3 is 0 Å². The molecule has 2 N–H and O–H groups in total. The zero-order valence-electron chi connectivity index (χ0n) is 19.3. The number of aliphatic hydroxyl groups is 1. The standard InChI is InChI=1S/C30H27N3O2/c34-28(25-11-6-7-18-31-25)26-20-30(17-19-32-26)24-10-4-5-12-27(24)33(29(30)35)23-15-13-22(14-16-23)21-8-2-1-3-9-21/h1-16,18,26,28,32,34H,17,19-20H2. The van der Waals surface area contributed by atoms with E-state index in [4.69, 9.17) is 0 Å². The lowest BCUT2D eigenvalue weighted by Crippen LogP contribution is -2.52. The van der Waals surface area contributed by atoms with Crippen LogP contribution in [0.5, 0.6) is 0 Å². The van der Waals surface area contributed by atoms with Gasteiger partial charge in [-0.25, -0.2) is 0 Å². The van der Waals surface area contributed by atoms with Gasteiger partial charge in [0.2, 0.25) is 5.91 Å². The van der Waals surface area contributed by atoms with E-state index in [0.717, 1.165) is 28.1 Å². The first-order valence-electron chi connectivity index (χ1n) is 12.1. The smallest absolute Gasteiger partial charge is 0.242 e. The van der Waals surface area contributed by atoms with Crippen molar-refractivity contribution < 1.29 is 9.90 Å². The van der Waals surface area contributed by atoms with Gasteiger partial charge < -0.3 is 10.4 Å². The maximum absolute atomic E-state index is 14.2. The van der Waals surface area contributed by atoms with Crippen LogP contribution in [-0.2, 0) is 10.2 Å².